The van der Waals surface area contributed by atoms with Gasteiger partial charge < -0.3 is 10.5 Å². The van der Waals surface area contributed by atoms with Gasteiger partial charge in [0.2, 0.25) is 0 Å². The molecule has 0 radical (unpaired) electrons. The molecule has 5 heteroatoms. The summed E-state index contributed by atoms with van der Waals surface area (Å²) in [5, 5.41) is 0. The van der Waals surface area contributed by atoms with Crippen LogP contribution in [0.3, 0.4) is 0 Å². The van der Waals surface area contributed by atoms with E-state index < -0.39 is 11.6 Å². The lowest BCUT2D eigenvalue weighted by Crippen LogP contribution is -2.46. The molecule has 0 bridgehead atoms. The largest absolute Gasteiger partial charge is 0.374 e. The minimum Gasteiger partial charge on any atom is -0.374 e. The van der Waals surface area contributed by atoms with E-state index in [1.54, 1.807) is 0 Å². The second kappa shape index (κ2) is 5.73. The summed E-state index contributed by atoms with van der Waals surface area (Å²) in [6.45, 7) is 4.36. The van der Waals surface area contributed by atoms with Gasteiger partial charge in [0.05, 0.1) is 12.7 Å². The summed E-state index contributed by atoms with van der Waals surface area (Å²) in [5.74, 6) is -1.05. The SMILES string of the molecule is CC(c1ccc(F)cc1F)N1CCOC(CN)C1. The van der Waals surface area contributed by atoms with Crippen molar-refractivity contribution >= 4 is 0 Å². The van der Waals surface area contributed by atoms with Crippen molar-refractivity contribution in [2.45, 2.75) is 19.1 Å². The number of hydrogen-bond acceptors (Lipinski definition) is 3. The van der Waals surface area contributed by atoms with Crippen LogP contribution < -0.4 is 5.73 Å². The Morgan fingerprint density at radius 1 is 1.50 bits per heavy atom. The van der Waals surface area contributed by atoms with E-state index in [2.05, 4.69) is 4.90 Å². The van der Waals surface area contributed by atoms with Gasteiger partial charge in [-0.2, -0.15) is 0 Å². The molecule has 2 atom stereocenters. The van der Waals surface area contributed by atoms with Gasteiger partial charge in [0.25, 0.3) is 0 Å². The molecule has 1 fully saturated rings. The fourth-order valence-corrected chi connectivity index (χ4v) is 2.27. The molecule has 1 heterocycles. The lowest BCUT2D eigenvalue weighted by atomic mass is 10.0. The highest BCUT2D eigenvalue weighted by atomic mass is 19.1. The zero-order chi connectivity index (χ0) is 13.1. The van der Waals surface area contributed by atoms with E-state index in [4.69, 9.17) is 10.5 Å². The Labute approximate surface area is 106 Å². The van der Waals surface area contributed by atoms with Crippen LogP contribution in [0.2, 0.25) is 0 Å². The molecular weight excluding hydrogens is 238 g/mol. The quantitative estimate of drug-likeness (QED) is 0.894. The zero-order valence-corrected chi connectivity index (χ0v) is 10.4. The van der Waals surface area contributed by atoms with Gasteiger partial charge in [0, 0.05) is 37.3 Å². The van der Waals surface area contributed by atoms with Gasteiger partial charge in [0.1, 0.15) is 11.6 Å². The second-order valence-electron chi connectivity index (χ2n) is 4.57. The van der Waals surface area contributed by atoms with Crippen molar-refractivity contribution in [3.05, 3.63) is 35.4 Å². The van der Waals surface area contributed by atoms with Crippen LogP contribution in [0.1, 0.15) is 18.5 Å². The highest BCUT2D eigenvalue weighted by Gasteiger charge is 2.25. The molecule has 3 nitrogen and oxygen atoms in total. The monoisotopic (exact) mass is 256 g/mol. The summed E-state index contributed by atoms with van der Waals surface area (Å²) in [4.78, 5) is 2.11. The summed E-state index contributed by atoms with van der Waals surface area (Å²) in [5.41, 5.74) is 6.09. The van der Waals surface area contributed by atoms with Gasteiger partial charge >= 0.3 is 0 Å². The third kappa shape index (κ3) is 2.85. The zero-order valence-electron chi connectivity index (χ0n) is 10.4. The third-order valence-electron chi connectivity index (χ3n) is 3.39. The number of rotatable bonds is 3. The Bertz CT molecular complexity index is 414. The first-order valence-corrected chi connectivity index (χ1v) is 6.12. The van der Waals surface area contributed by atoms with Crippen LogP contribution in [0.4, 0.5) is 8.78 Å². The second-order valence-corrected chi connectivity index (χ2v) is 4.57. The molecule has 18 heavy (non-hydrogen) atoms. The first-order valence-electron chi connectivity index (χ1n) is 6.12. The number of halogens is 2. The molecule has 1 aromatic carbocycles. The highest BCUT2D eigenvalue weighted by Crippen LogP contribution is 2.25. The molecule has 0 aliphatic carbocycles. The van der Waals surface area contributed by atoms with E-state index in [0.717, 1.165) is 12.6 Å². The van der Waals surface area contributed by atoms with Gasteiger partial charge in [-0.15, -0.1) is 0 Å². The van der Waals surface area contributed by atoms with Crippen molar-refractivity contribution in [2.24, 2.45) is 5.73 Å². The molecule has 1 saturated heterocycles. The highest BCUT2D eigenvalue weighted by molar-refractivity contribution is 5.21. The van der Waals surface area contributed by atoms with Crippen LogP contribution in [0.25, 0.3) is 0 Å². The van der Waals surface area contributed by atoms with Crippen molar-refractivity contribution in [3.63, 3.8) is 0 Å². The van der Waals surface area contributed by atoms with Crippen LogP contribution in [-0.2, 0) is 4.74 Å². The summed E-state index contributed by atoms with van der Waals surface area (Å²) < 4.78 is 32.1. The van der Waals surface area contributed by atoms with E-state index >= 15 is 0 Å². The molecule has 2 unspecified atom stereocenters. The molecular formula is C13H18F2N2O. The molecule has 2 N–H and O–H groups in total. The fraction of sp³-hybridized carbons (Fsp3) is 0.538. The van der Waals surface area contributed by atoms with E-state index in [1.807, 2.05) is 6.92 Å². The number of hydrogen-bond donors (Lipinski definition) is 1. The summed E-state index contributed by atoms with van der Waals surface area (Å²) in [7, 11) is 0. The Morgan fingerprint density at radius 3 is 2.94 bits per heavy atom. The minimum absolute atomic E-state index is 0.00953. The number of morpholine rings is 1. The van der Waals surface area contributed by atoms with Crippen LogP contribution >= 0.6 is 0 Å². The van der Waals surface area contributed by atoms with Gasteiger partial charge in [0.15, 0.2) is 0 Å². The van der Waals surface area contributed by atoms with Gasteiger partial charge in [-0.3, -0.25) is 4.90 Å². The molecule has 1 aliphatic heterocycles. The Hall–Kier alpha value is -1.04. The predicted octanol–water partition coefficient (Wildman–Crippen LogP) is 1.69. The van der Waals surface area contributed by atoms with Gasteiger partial charge in [-0.1, -0.05) is 6.07 Å². The smallest absolute Gasteiger partial charge is 0.130 e. The molecule has 2 rings (SSSR count). The third-order valence-corrected chi connectivity index (χ3v) is 3.39. The maximum absolute atomic E-state index is 13.7. The number of benzene rings is 1. The van der Waals surface area contributed by atoms with E-state index in [9.17, 15) is 8.78 Å². The number of ether oxygens (including phenoxy) is 1. The summed E-state index contributed by atoms with van der Waals surface area (Å²) >= 11 is 0. The van der Waals surface area contributed by atoms with E-state index in [-0.39, 0.29) is 12.1 Å². The maximum Gasteiger partial charge on any atom is 0.130 e. The van der Waals surface area contributed by atoms with E-state index in [0.29, 0.717) is 25.3 Å². The van der Waals surface area contributed by atoms with Gasteiger partial charge in [-0.05, 0) is 13.0 Å². The van der Waals surface area contributed by atoms with Crippen molar-refractivity contribution in [1.82, 2.24) is 4.90 Å². The summed E-state index contributed by atoms with van der Waals surface area (Å²) in [6, 6.07) is 3.61. The maximum atomic E-state index is 13.7. The molecule has 0 amide bonds. The molecule has 1 aromatic rings. The first kappa shape index (κ1) is 13.4. The Morgan fingerprint density at radius 2 is 2.28 bits per heavy atom. The normalized spacial score (nSPS) is 23.0. The molecule has 1 aliphatic rings. The van der Waals surface area contributed by atoms with Crippen molar-refractivity contribution < 1.29 is 13.5 Å². The van der Waals surface area contributed by atoms with E-state index in [1.165, 1.54) is 12.1 Å². The average molecular weight is 256 g/mol. The average Bonchev–Trinajstić information content (AvgIpc) is 2.38. The molecule has 0 aromatic heterocycles. The molecule has 0 saturated carbocycles. The predicted molar refractivity (Wildman–Crippen MR) is 65.1 cm³/mol. The Kier molecular flexibility index (Phi) is 4.27. The topological polar surface area (TPSA) is 38.5 Å². The van der Waals surface area contributed by atoms with Crippen LogP contribution in [0.15, 0.2) is 18.2 Å². The fourth-order valence-electron chi connectivity index (χ4n) is 2.27. The number of nitrogens with two attached hydrogens (primary N) is 1. The van der Waals surface area contributed by atoms with Gasteiger partial charge in [-0.25, -0.2) is 8.78 Å². The molecule has 0 spiro atoms. The number of nitrogens with zero attached hydrogens (tertiary/aromatic N) is 1. The van der Waals surface area contributed by atoms with Crippen molar-refractivity contribution in [2.75, 3.05) is 26.2 Å². The lowest BCUT2D eigenvalue weighted by molar-refractivity contribution is -0.0368. The van der Waals surface area contributed by atoms with Crippen LogP contribution in [0.5, 0.6) is 0 Å². The Balaban J connectivity index is 2.12. The summed E-state index contributed by atoms with van der Waals surface area (Å²) in [6.07, 6.45) is -0.00953. The lowest BCUT2D eigenvalue weighted by Gasteiger charge is -2.36. The van der Waals surface area contributed by atoms with Crippen LogP contribution in [-0.4, -0.2) is 37.2 Å². The minimum atomic E-state index is -0.551. The van der Waals surface area contributed by atoms with Crippen molar-refractivity contribution in [3.8, 4) is 0 Å². The standard InChI is InChI=1S/C13H18F2N2O/c1-9(12-3-2-10(14)6-13(12)15)17-4-5-18-11(7-16)8-17/h2-3,6,9,11H,4-5,7-8,16H2,1H3. The van der Waals surface area contributed by atoms with Crippen LogP contribution in [0, 0.1) is 11.6 Å². The van der Waals surface area contributed by atoms with Crippen molar-refractivity contribution in [1.29, 1.82) is 0 Å². The molecule has 100 valence electrons. The first-order chi connectivity index (χ1) is 8.61.